The molecule has 0 saturated carbocycles. The van der Waals surface area contributed by atoms with Gasteiger partial charge in [0.15, 0.2) is 0 Å². The molecule has 0 aliphatic carbocycles. The van der Waals surface area contributed by atoms with Crippen LogP contribution in [0.15, 0.2) is 29.3 Å². The number of aromatic nitrogens is 2. The quantitative estimate of drug-likeness (QED) is 0.586. The molecule has 0 amide bonds. The zero-order valence-corrected chi connectivity index (χ0v) is 7.23. The Morgan fingerprint density at radius 2 is 2.31 bits per heavy atom. The van der Waals surface area contributed by atoms with Crippen LogP contribution in [0, 0.1) is 0 Å². The Balaban J connectivity index is 2.53. The van der Waals surface area contributed by atoms with E-state index in [0.717, 1.165) is 30.6 Å². The Morgan fingerprint density at radius 3 is 3.23 bits per heavy atom. The average molecular weight is 174 g/mol. The van der Waals surface area contributed by atoms with Gasteiger partial charge in [0.05, 0.1) is 0 Å². The number of rotatable bonds is 0. The van der Waals surface area contributed by atoms with Crippen LogP contribution >= 0.6 is 0 Å². The van der Waals surface area contributed by atoms with Crippen LogP contribution in [0.5, 0.6) is 0 Å². The largest absolute Gasteiger partial charge is 0.317 e. The van der Waals surface area contributed by atoms with Crippen molar-refractivity contribution in [1.82, 2.24) is 8.97 Å². The van der Waals surface area contributed by atoms with Crippen molar-refractivity contribution < 1.29 is 0 Å². The fourth-order valence-corrected chi connectivity index (χ4v) is 2.05. The van der Waals surface area contributed by atoms with E-state index in [9.17, 15) is 4.79 Å². The summed E-state index contributed by atoms with van der Waals surface area (Å²) >= 11 is 0. The predicted molar refractivity (Wildman–Crippen MR) is 50.0 cm³/mol. The van der Waals surface area contributed by atoms with Crippen molar-refractivity contribution in [2.45, 2.75) is 19.4 Å². The van der Waals surface area contributed by atoms with Crippen LogP contribution in [0.25, 0.3) is 5.52 Å². The number of hydrogen-bond acceptors (Lipinski definition) is 1. The lowest BCUT2D eigenvalue weighted by molar-refractivity contribution is 0.719. The topological polar surface area (TPSA) is 26.4 Å². The molecular weight excluding hydrogens is 164 g/mol. The van der Waals surface area contributed by atoms with Crippen molar-refractivity contribution in [3.05, 3.63) is 40.6 Å². The number of aryl methyl sites for hydroxylation is 1. The van der Waals surface area contributed by atoms with Crippen molar-refractivity contribution in [2.75, 3.05) is 0 Å². The number of fused-ring (bicyclic) bond motifs is 2. The Kier molecular flexibility index (Phi) is 1.20. The summed E-state index contributed by atoms with van der Waals surface area (Å²) < 4.78 is 3.80. The van der Waals surface area contributed by atoms with Gasteiger partial charge >= 0.3 is 0 Å². The Labute approximate surface area is 75.2 Å². The Bertz CT molecular complexity index is 521. The maximum atomic E-state index is 11.8. The summed E-state index contributed by atoms with van der Waals surface area (Å²) in [5.41, 5.74) is 2.10. The van der Waals surface area contributed by atoms with Gasteiger partial charge in [0.1, 0.15) is 5.52 Å². The summed E-state index contributed by atoms with van der Waals surface area (Å²) in [6, 6.07) is 3.78. The van der Waals surface area contributed by atoms with Gasteiger partial charge in [-0.15, -0.1) is 0 Å². The fraction of sp³-hybridized carbons (Fsp3) is 0.300. The highest BCUT2D eigenvalue weighted by atomic mass is 16.1. The number of hydrogen-bond donors (Lipinski definition) is 0. The lowest BCUT2D eigenvalue weighted by Crippen LogP contribution is -2.20. The lowest BCUT2D eigenvalue weighted by atomic mass is 10.3. The molecule has 3 rings (SSSR count). The molecule has 1 aliphatic rings. The molecule has 0 fully saturated rings. The van der Waals surface area contributed by atoms with Crippen molar-refractivity contribution in [3.8, 4) is 0 Å². The molecule has 0 saturated heterocycles. The first-order valence-corrected chi connectivity index (χ1v) is 4.56. The van der Waals surface area contributed by atoms with Gasteiger partial charge in [-0.05, 0) is 25.0 Å². The minimum absolute atomic E-state index is 0.153. The standard InChI is InChI=1S/C10H10N2O/c13-10-9-4-2-5-11(9)7-8-3-1-6-12(8)10/h2,4-5,7H,1,3,6H2. The summed E-state index contributed by atoms with van der Waals surface area (Å²) in [6.45, 7) is 0.885. The predicted octanol–water partition coefficient (Wildman–Crippen LogP) is 1.05. The van der Waals surface area contributed by atoms with Crippen LogP contribution in [0.4, 0.5) is 0 Å². The van der Waals surface area contributed by atoms with Gasteiger partial charge in [-0.2, -0.15) is 0 Å². The van der Waals surface area contributed by atoms with Gasteiger partial charge in [-0.3, -0.25) is 4.79 Å². The molecule has 0 bridgehead atoms. The van der Waals surface area contributed by atoms with E-state index in [1.54, 1.807) is 0 Å². The zero-order valence-electron chi connectivity index (χ0n) is 7.23. The zero-order chi connectivity index (χ0) is 8.84. The molecule has 3 nitrogen and oxygen atoms in total. The summed E-state index contributed by atoms with van der Waals surface area (Å²) in [5, 5.41) is 0. The number of nitrogens with zero attached hydrogens (tertiary/aromatic N) is 2. The highest BCUT2D eigenvalue weighted by molar-refractivity contribution is 5.46. The highest BCUT2D eigenvalue weighted by Gasteiger charge is 2.13. The van der Waals surface area contributed by atoms with Crippen LogP contribution in [0.2, 0.25) is 0 Å². The van der Waals surface area contributed by atoms with Gasteiger partial charge < -0.3 is 8.97 Å². The molecule has 0 radical (unpaired) electrons. The van der Waals surface area contributed by atoms with E-state index in [-0.39, 0.29) is 5.56 Å². The maximum Gasteiger partial charge on any atom is 0.275 e. The van der Waals surface area contributed by atoms with Gasteiger partial charge in [-0.1, -0.05) is 0 Å². The van der Waals surface area contributed by atoms with Crippen LogP contribution in [-0.2, 0) is 13.0 Å². The third-order valence-corrected chi connectivity index (χ3v) is 2.69. The minimum Gasteiger partial charge on any atom is -0.317 e. The summed E-state index contributed by atoms with van der Waals surface area (Å²) in [5.74, 6) is 0. The van der Waals surface area contributed by atoms with Crippen molar-refractivity contribution in [1.29, 1.82) is 0 Å². The maximum absolute atomic E-state index is 11.8. The smallest absolute Gasteiger partial charge is 0.275 e. The molecule has 0 N–H and O–H groups in total. The summed E-state index contributed by atoms with van der Waals surface area (Å²) in [7, 11) is 0. The average Bonchev–Trinajstić information content (AvgIpc) is 2.71. The molecule has 66 valence electrons. The van der Waals surface area contributed by atoms with E-state index in [4.69, 9.17) is 0 Å². The van der Waals surface area contributed by atoms with Crippen molar-refractivity contribution >= 4 is 5.52 Å². The van der Waals surface area contributed by atoms with Gasteiger partial charge in [0.2, 0.25) is 0 Å². The molecule has 0 aromatic carbocycles. The first kappa shape index (κ1) is 6.95. The van der Waals surface area contributed by atoms with E-state index in [1.807, 2.05) is 27.3 Å². The molecule has 1 aliphatic heterocycles. The Hall–Kier alpha value is -1.51. The van der Waals surface area contributed by atoms with Gasteiger partial charge in [0, 0.05) is 24.6 Å². The highest BCUT2D eigenvalue weighted by Crippen LogP contribution is 2.12. The molecule has 2 aromatic heterocycles. The first-order valence-electron chi connectivity index (χ1n) is 4.56. The molecule has 0 atom stereocenters. The van der Waals surface area contributed by atoms with Crippen LogP contribution in [0.1, 0.15) is 12.1 Å². The summed E-state index contributed by atoms with van der Waals surface area (Å²) in [6.07, 6.45) is 6.12. The SMILES string of the molecule is O=c1c2cccn2cc2n1CCC2. The van der Waals surface area contributed by atoms with Gasteiger partial charge in [0.25, 0.3) is 5.56 Å². The van der Waals surface area contributed by atoms with Crippen LogP contribution < -0.4 is 5.56 Å². The molecule has 3 heteroatoms. The summed E-state index contributed by atoms with van der Waals surface area (Å²) in [4.78, 5) is 11.8. The van der Waals surface area contributed by atoms with E-state index in [0.29, 0.717) is 0 Å². The van der Waals surface area contributed by atoms with E-state index >= 15 is 0 Å². The van der Waals surface area contributed by atoms with E-state index < -0.39 is 0 Å². The van der Waals surface area contributed by atoms with Crippen molar-refractivity contribution in [2.24, 2.45) is 0 Å². The van der Waals surface area contributed by atoms with Crippen molar-refractivity contribution in [3.63, 3.8) is 0 Å². The van der Waals surface area contributed by atoms with Crippen LogP contribution in [-0.4, -0.2) is 8.97 Å². The molecule has 3 heterocycles. The monoisotopic (exact) mass is 174 g/mol. The second kappa shape index (κ2) is 2.25. The second-order valence-electron chi connectivity index (χ2n) is 3.48. The first-order chi connectivity index (χ1) is 6.36. The molecule has 13 heavy (non-hydrogen) atoms. The Morgan fingerprint density at radius 1 is 1.38 bits per heavy atom. The molecule has 2 aromatic rings. The van der Waals surface area contributed by atoms with Crippen LogP contribution in [0.3, 0.4) is 0 Å². The normalized spacial score (nSPS) is 15.1. The second-order valence-corrected chi connectivity index (χ2v) is 3.48. The van der Waals surface area contributed by atoms with E-state index in [2.05, 4.69) is 6.20 Å². The molecule has 0 spiro atoms. The third-order valence-electron chi connectivity index (χ3n) is 2.69. The fourth-order valence-electron chi connectivity index (χ4n) is 2.05. The minimum atomic E-state index is 0.153. The lowest BCUT2D eigenvalue weighted by Gasteiger charge is -2.03. The molecule has 0 unspecified atom stereocenters. The third kappa shape index (κ3) is 0.813. The van der Waals surface area contributed by atoms with E-state index in [1.165, 1.54) is 0 Å². The van der Waals surface area contributed by atoms with Gasteiger partial charge in [-0.25, -0.2) is 0 Å². The molecular formula is C10H10N2O.